The Kier molecular flexibility index (Phi) is 5.19. The fourth-order valence-corrected chi connectivity index (χ4v) is 2.89. The molecule has 1 saturated heterocycles. The van der Waals surface area contributed by atoms with E-state index in [1.54, 1.807) is 0 Å². The third kappa shape index (κ3) is 4.49. The van der Waals surface area contributed by atoms with Crippen LogP contribution in [0.2, 0.25) is 0 Å². The molecule has 0 aromatic carbocycles. The lowest BCUT2D eigenvalue weighted by atomic mass is 9.81. The number of carbonyl (C=O) groups excluding carboxylic acids is 2. The summed E-state index contributed by atoms with van der Waals surface area (Å²) < 4.78 is 0. The van der Waals surface area contributed by atoms with E-state index in [-0.39, 0.29) is 24.4 Å². The summed E-state index contributed by atoms with van der Waals surface area (Å²) in [5.41, 5.74) is 0. The molecule has 1 atom stereocenters. The minimum Gasteiger partial charge on any atom is -0.355 e. The molecule has 2 rings (SSSR count). The summed E-state index contributed by atoms with van der Waals surface area (Å²) in [5.74, 6) is 1.61. The van der Waals surface area contributed by atoms with Crippen molar-refractivity contribution in [3.8, 4) is 0 Å². The van der Waals surface area contributed by atoms with E-state index in [0.717, 1.165) is 24.8 Å². The van der Waals surface area contributed by atoms with Gasteiger partial charge in [-0.25, -0.2) is 0 Å². The number of hydrogen-bond donors (Lipinski definition) is 3. The average Bonchev–Trinajstić information content (AvgIpc) is 2.41. The second-order valence-corrected chi connectivity index (χ2v) is 5.94. The van der Waals surface area contributed by atoms with Gasteiger partial charge in [0.2, 0.25) is 11.8 Å². The van der Waals surface area contributed by atoms with Crippen molar-refractivity contribution in [3.05, 3.63) is 0 Å². The van der Waals surface area contributed by atoms with Crippen molar-refractivity contribution in [3.63, 3.8) is 0 Å². The Balaban J connectivity index is 1.60. The molecule has 2 amide bonds. The quantitative estimate of drug-likeness (QED) is 0.691. The van der Waals surface area contributed by atoms with Crippen LogP contribution >= 0.6 is 0 Å². The molecule has 1 heterocycles. The van der Waals surface area contributed by atoms with Crippen LogP contribution in [0.4, 0.5) is 0 Å². The first kappa shape index (κ1) is 14.3. The van der Waals surface area contributed by atoms with Crippen LogP contribution < -0.4 is 16.0 Å². The average molecular weight is 267 g/mol. The van der Waals surface area contributed by atoms with Crippen molar-refractivity contribution in [2.75, 3.05) is 19.6 Å². The SMILES string of the molecule is CC1CCC(CCNC(=O)C2CNC(=O)CN2)CC1. The molecule has 0 bridgehead atoms. The van der Waals surface area contributed by atoms with E-state index in [2.05, 4.69) is 22.9 Å². The lowest BCUT2D eigenvalue weighted by Gasteiger charge is -2.27. The predicted molar refractivity (Wildman–Crippen MR) is 73.5 cm³/mol. The molecular formula is C14H25N3O2. The van der Waals surface area contributed by atoms with Crippen molar-refractivity contribution in [2.45, 2.75) is 45.1 Å². The van der Waals surface area contributed by atoms with Crippen LogP contribution in [0.3, 0.4) is 0 Å². The fourth-order valence-electron chi connectivity index (χ4n) is 2.89. The number of piperazine rings is 1. The molecule has 0 radical (unpaired) electrons. The highest BCUT2D eigenvalue weighted by Crippen LogP contribution is 2.29. The third-order valence-electron chi connectivity index (χ3n) is 4.32. The van der Waals surface area contributed by atoms with Crippen molar-refractivity contribution >= 4 is 11.8 Å². The Morgan fingerprint density at radius 1 is 1.32 bits per heavy atom. The largest absolute Gasteiger partial charge is 0.355 e. The lowest BCUT2D eigenvalue weighted by molar-refractivity contribution is -0.126. The summed E-state index contributed by atoms with van der Waals surface area (Å²) in [6.07, 6.45) is 6.34. The first-order valence-corrected chi connectivity index (χ1v) is 7.43. The maximum absolute atomic E-state index is 11.9. The van der Waals surface area contributed by atoms with Crippen LogP contribution in [0, 0.1) is 11.8 Å². The van der Waals surface area contributed by atoms with Crippen molar-refractivity contribution < 1.29 is 9.59 Å². The second-order valence-electron chi connectivity index (χ2n) is 5.94. The summed E-state index contributed by atoms with van der Waals surface area (Å²) in [7, 11) is 0. The molecule has 1 unspecified atom stereocenters. The van der Waals surface area contributed by atoms with Gasteiger partial charge in [0, 0.05) is 13.1 Å². The van der Waals surface area contributed by atoms with Crippen molar-refractivity contribution in [2.24, 2.45) is 11.8 Å². The number of rotatable bonds is 4. The van der Waals surface area contributed by atoms with Crippen molar-refractivity contribution in [1.82, 2.24) is 16.0 Å². The summed E-state index contributed by atoms with van der Waals surface area (Å²) in [6, 6.07) is -0.274. The van der Waals surface area contributed by atoms with E-state index in [1.807, 2.05) is 0 Å². The summed E-state index contributed by atoms with van der Waals surface area (Å²) in [6.45, 7) is 3.70. The Morgan fingerprint density at radius 3 is 2.68 bits per heavy atom. The molecular weight excluding hydrogens is 242 g/mol. The zero-order chi connectivity index (χ0) is 13.7. The van der Waals surface area contributed by atoms with Gasteiger partial charge in [-0.1, -0.05) is 32.6 Å². The first-order chi connectivity index (χ1) is 9.15. The van der Waals surface area contributed by atoms with Gasteiger partial charge in [-0.15, -0.1) is 0 Å². The highest BCUT2D eigenvalue weighted by atomic mass is 16.2. The minimum absolute atomic E-state index is 0.00387. The maximum Gasteiger partial charge on any atom is 0.238 e. The molecule has 2 aliphatic rings. The van der Waals surface area contributed by atoms with Gasteiger partial charge in [-0.2, -0.15) is 0 Å². The molecule has 1 aliphatic heterocycles. The smallest absolute Gasteiger partial charge is 0.238 e. The monoisotopic (exact) mass is 267 g/mol. The zero-order valence-corrected chi connectivity index (χ0v) is 11.7. The molecule has 1 aliphatic carbocycles. The first-order valence-electron chi connectivity index (χ1n) is 7.43. The lowest BCUT2D eigenvalue weighted by Crippen LogP contribution is -2.58. The van der Waals surface area contributed by atoms with Gasteiger partial charge in [-0.3, -0.25) is 14.9 Å². The van der Waals surface area contributed by atoms with Crippen LogP contribution in [0.1, 0.15) is 39.0 Å². The van der Waals surface area contributed by atoms with Gasteiger partial charge < -0.3 is 10.6 Å². The number of hydrogen-bond acceptors (Lipinski definition) is 3. The van der Waals surface area contributed by atoms with Crippen LogP contribution in [0.5, 0.6) is 0 Å². The normalized spacial score (nSPS) is 31.6. The van der Waals surface area contributed by atoms with Gasteiger partial charge in [-0.05, 0) is 18.3 Å². The number of amides is 2. The molecule has 1 saturated carbocycles. The number of nitrogens with one attached hydrogen (secondary N) is 3. The van der Waals surface area contributed by atoms with Gasteiger partial charge in [0.25, 0.3) is 0 Å². The second kappa shape index (κ2) is 6.89. The van der Waals surface area contributed by atoms with Crippen LogP contribution in [0.25, 0.3) is 0 Å². The Morgan fingerprint density at radius 2 is 2.05 bits per heavy atom. The maximum atomic E-state index is 11.9. The van der Waals surface area contributed by atoms with Gasteiger partial charge in [0.05, 0.1) is 6.54 Å². The summed E-state index contributed by atoms with van der Waals surface area (Å²) >= 11 is 0. The van der Waals surface area contributed by atoms with E-state index in [9.17, 15) is 9.59 Å². The molecule has 2 fully saturated rings. The topological polar surface area (TPSA) is 70.2 Å². The Labute approximate surface area is 114 Å². The molecule has 5 heteroatoms. The predicted octanol–water partition coefficient (Wildman–Crippen LogP) is 0.407. The standard InChI is InChI=1S/C14H25N3O2/c1-10-2-4-11(5-3-10)6-7-15-14(19)12-8-17-13(18)9-16-12/h10-12,16H,2-9H2,1H3,(H,15,19)(H,17,18). The van der Waals surface area contributed by atoms with E-state index in [1.165, 1.54) is 25.7 Å². The van der Waals surface area contributed by atoms with E-state index >= 15 is 0 Å². The molecule has 0 spiro atoms. The molecule has 0 aromatic rings. The Bertz CT molecular complexity index is 315. The molecule has 19 heavy (non-hydrogen) atoms. The fraction of sp³-hybridized carbons (Fsp3) is 0.857. The molecule has 108 valence electrons. The number of carbonyl (C=O) groups is 2. The van der Waals surface area contributed by atoms with Gasteiger partial charge in [0.15, 0.2) is 0 Å². The van der Waals surface area contributed by atoms with Crippen LogP contribution in [0.15, 0.2) is 0 Å². The molecule has 5 nitrogen and oxygen atoms in total. The Hall–Kier alpha value is -1.10. The molecule has 0 aromatic heterocycles. The van der Waals surface area contributed by atoms with Gasteiger partial charge in [0.1, 0.15) is 6.04 Å². The van der Waals surface area contributed by atoms with Crippen LogP contribution in [-0.4, -0.2) is 37.5 Å². The third-order valence-corrected chi connectivity index (χ3v) is 4.32. The van der Waals surface area contributed by atoms with Gasteiger partial charge >= 0.3 is 0 Å². The minimum atomic E-state index is -0.274. The van der Waals surface area contributed by atoms with E-state index < -0.39 is 0 Å². The highest BCUT2D eigenvalue weighted by Gasteiger charge is 2.24. The highest BCUT2D eigenvalue weighted by molar-refractivity contribution is 5.86. The summed E-state index contributed by atoms with van der Waals surface area (Å²) in [5, 5.41) is 8.61. The van der Waals surface area contributed by atoms with E-state index in [0.29, 0.717) is 6.54 Å². The van der Waals surface area contributed by atoms with Crippen LogP contribution in [-0.2, 0) is 9.59 Å². The summed E-state index contributed by atoms with van der Waals surface area (Å²) in [4.78, 5) is 22.8. The van der Waals surface area contributed by atoms with E-state index in [4.69, 9.17) is 0 Å². The molecule has 3 N–H and O–H groups in total. The zero-order valence-electron chi connectivity index (χ0n) is 11.7. The van der Waals surface area contributed by atoms with Crippen molar-refractivity contribution in [1.29, 1.82) is 0 Å².